The number of phenols is 1. The van der Waals surface area contributed by atoms with Gasteiger partial charge in [-0.05, 0) is 57.2 Å². The van der Waals surface area contributed by atoms with E-state index in [0.29, 0.717) is 17.8 Å². The number of nitrogens with zero attached hydrogens (tertiary/aromatic N) is 1. The van der Waals surface area contributed by atoms with Crippen molar-refractivity contribution in [1.82, 2.24) is 4.90 Å². The van der Waals surface area contributed by atoms with Crippen molar-refractivity contribution < 1.29 is 9.84 Å². The number of para-hydroxylation sites is 2. The van der Waals surface area contributed by atoms with E-state index >= 15 is 0 Å². The minimum absolute atomic E-state index is 0.217. The first-order valence-corrected chi connectivity index (χ1v) is 10.3. The number of ether oxygens (including phenoxy) is 1. The first kappa shape index (κ1) is 17.6. The van der Waals surface area contributed by atoms with Gasteiger partial charge in [0.25, 0.3) is 0 Å². The lowest BCUT2D eigenvalue weighted by Gasteiger charge is -2.38. The van der Waals surface area contributed by atoms with E-state index in [4.69, 9.17) is 4.74 Å². The fourth-order valence-electron chi connectivity index (χ4n) is 5.17. The largest absolute Gasteiger partial charge is 0.504 e. The Kier molecular flexibility index (Phi) is 4.28. The van der Waals surface area contributed by atoms with E-state index in [-0.39, 0.29) is 5.75 Å². The van der Waals surface area contributed by atoms with Gasteiger partial charge < -0.3 is 9.84 Å². The maximum atomic E-state index is 10.4. The molecule has 0 aromatic heterocycles. The summed E-state index contributed by atoms with van der Waals surface area (Å²) in [5.74, 6) is 1.66. The lowest BCUT2D eigenvalue weighted by atomic mass is 9.84. The highest BCUT2D eigenvalue weighted by Gasteiger charge is 2.40. The monoisotopic (exact) mass is 373 g/mol. The molecule has 2 aromatic rings. The molecule has 0 amide bonds. The van der Waals surface area contributed by atoms with Crippen LogP contribution in [0.1, 0.15) is 50.7 Å². The lowest BCUT2D eigenvalue weighted by molar-refractivity contribution is 0.182. The van der Waals surface area contributed by atoms with Crippen LogP contribution < -0.4 is 4.74 Å². The summed E-state index contributed by atoms with van der Waals surface area (Å²) in [5, 5.41) is 10.4. The van der Waals surface area contributed by atoms with Gasteiger partial charge in [-0.3, -0.25) is 4.90 Å². The van der Waals surface area contributed by atoms with E-state index in [1.807, 2.05) is 18.2 Å². The summed E-state index contributed by atoms with van der Waals surface area (Å²) in [6.07, 6.45) is 7.01. The Morgan fingerprint density at radius 1 is 1.07 bits per heavy atom. The molecule has 2 atom stereocenters. The molecule has 0 spiro atoms. The SMILES string of the molecule is C/C=C(\C)CN1C2CCC1CC(=C1c3ccccc3Oc3c(O)cccc31)C2. The summed E-state index contributed by atoms with van der Waals surface area (Å²) in [6.45, 7) is 5.46. The van der Waals surface area contributed by atoms with Gasteiger partial charge in [-0.25, -0.2) is 0 Å². The van der Waals surface area contributed by atoms with Gasteiger partial charge in [0.2, 0.25) is 0 Å². The van der Waals surface area contributed by atoms with Crippen LogP contribution in [-0.2, 0) is 0 Å². The highest BCUT2D eigenvalue weighted by Crippen LogP contribution is 2.51. The summed E-state index contributed by atoms with van der Waals surface area (Å²) in [7, 11) is 0. The molecule has 5 rings (SSSR count). The average Bonchev–Trinajstić information content (AvgIpc) is 2.94. The zero-order chi connectivity index (χ0) is 19.3. The van der Waals surface area contributed by atoms with Crippen molar-refractivity contribution in [2.75, 3.05) is 6.54 Å². The van der Waals surface area contributed by atoms with Crippen molar-refractivity contribution in [3.8, 4) is 17.2 Å². The molecule has 3 aliphatic rings. The molecule has 3 heteroatoms. The molecule has 2 fully saturated rings. The van der Waals surface area contributed by atoms with Crippen molar-refractivity contribution >= 4 is 5.57 Å². The molecule has 1 N–H and O–H groups in total. The van der Waals surface area contributed by atoms with Gasteiger partial charge in [-0.15, -0.1) is 0 Å². The Labute approximate surface area is 167 Å². The van der Waals surface area contributed by atoms with Gasteiger partial charge in [0.05, 0.1) is 0 Å². The molecule has 2 unspecified atom stereocenters. The number of allylic oxidation sites excluding steroid dienone is 1. The normalized spacial score (nSPS) is 24.0. The molecular weight excluding hydrogens is 346 g/mol. The number of hydrogen-bond acceptors (Lipinski definition) is 3. The van der Waals surface area contributed by atoms with E-state index in [1.165, 1.54) is 29.6 Å². The topological polar surface area (TPSA) is 32.7 Å². The molecule has 2 saturated heterocycles. The fraction of sp³-hybridized carbons (Fsp3) is 0.360. The van der Waals surface area contributed by atoms with Crippen molar-refractivity contribution in [3.05, 3.63) is 70.8 Å². The van der Waals surface area contributed by atoms with Crippen LogP contribution in [0.25, 0.3) is 5.57 Å². The molecule has 0 aliphatic carbocycles. The third-order valence-electron chi connectivity index (χ3n) is 6.65. The van der Waals surface area contributed by atoms with Crippen LogP contribution in [0.5, 0.6) is 17.2 Å². The Balaban J connectivity index is 1.60. The molecule has 2 aromatic carbocycles. The number of fused-ring (bicyclic) bond motifs is 4. The second-order valence-corrected chi connectivity index (χ2v) is 8.33. The molecule has 3 heterocycles. The van der Waals surface area contributed by atoms with Gasteiger partial charge in [-0.2, -0.15) is 0 Å². The predicted molar refractivity (Wildman–Crippen MR) is 113 cm³/mol. The third kappa shape index (κ3) is 2.77. The van der Waals surface area contributed by atoms with Crippen molar-refractivity contribution in [1.29, 1.82) is 0 Å². The average molecular weight is 373 g/mol. The fourth-order valence-corrected chi connectivity index (χ4v) is 5.17. The Morgan fingerprint density at radius 3 is 2.54 bits per heavy atom. The van der Waals surface area contributed by atoms with Gasteiger partial charge >= 0.3 is 0 Å². The van der Waals surface area contributed by atoms with Crippen LogP contribution in [0, 0.1) is 0 Å². The first-order chi connectivity index (χ1) is 13.7. The van der Waals surface area contributed by atoms with E-state index in [2.05, 4.69) is 43.0 Å². The summed E-state index contributed by atoms with van der Waals surface area (Å²) in [5.41, 5.74) is 6.45. The summed E-state index contributed by atoms with van der Waals surface area (Å²) < 4.78 is 6.08. The number of hydrogen-bond donors (Lipinski definition) is 1. The van der Waals surface area contributed by atoms with E-state index in [9.17, 15) is 5.11 Å². The van der Waals surface area contributed by atoms with Crippen LogP contribution in [0.3, 0.4) is 0 Å². The molecular formula is C25H27NO2. The van der Waals surface area contributed by atoms with Crippen LogP contribution >= 0.6 is 0 Å². The second-order valence-electron chi connectivity index (χ2n) is 8.33. The zero-order valence-electron chi connectivity index (χ0n) is 16.6. The van der Waals surface area contributed by atoms with Gasteiger partial charge in [0.15, 0.2) is 11.5 Å². The molecule has 3 nitrogen and oxygen atoms in total. The van der Waals surface area contributed by atoms with Crippen LogP contribution in [-0.4, -0.2) is 28.6 Å². The highest BCUT2D eigenvalue weighted by molar-refractivity contribution is 5.91. The quantitative estimate of drug-likeness (QED) is 0.568. The van der Waals surface area contributed by atoms with Gasteiger partial charge in [0.1, 0.15) is 5.75 Å². The third-order valence-corrected chi connectivity index (χ3v) is 6.65. The zero-order valence-corrected chi connectivity index (χ0v) is 16.6. The van der Waals surface area contributed by atoms with E-state index in [0.717, 1.165) is 36.3 Å². The Hall–Kier alpha value is -2.52. The number of phenolic OH excluding ortho intramolecular Hbond substituents is 1. The van der Waals surface area contributed by atoms with Gasteiger partial charge in [0, 0.05) is 29.8 Å². The predicted octanol–water partition coefficient (Wildman–Crippen LogP) is 5.89. The minimum atomic E-state index is 0.217. The maximum absolute atomic E-state index is 10.4. The van der Waals surface area contributed by atoms with E-state index < -0.39 is 0 Å². The molecule has 2 bridgehead atoms. The van der Waals surface area contributed by atoms with Crippen LogP contribution in [0.2, 0.25) is 0 Å². The van der Waals surface area contributed by atoms with Crippen molar-refractivity contribution in [3.63, 3.8) is 0 Å². The summed E-state index contributed by atoms with van der Waals surface area (Å²) >= 11 is 0. The lowest BCUT2D eigenvalue weighted by Crippen LogP contribution is -2.41. The van der Waals surface area contributed by atoms with Crippen molar-refractivity contribution in [2.45, 2.75) is 51.6 Å². The Bertz CT molecular complexity index is 972. The molecule has 144 valence electrons. The molecule has 3 aliphatic heterocycles. The number of aromatic hydroxyl groups is 1. The second kappa shape index (κ2) is 6.82. The minimum Gasteiger partial charge on any atom is -0.504 e. The number of rotatable bonds is 2. The standard InChI is InChI=1S/C25H27NO2/c1-3-16(2)15-26-18-11-12-19(26)14-17(13-18)24-20-7-4-5-10-23(20)28-25-21(24)8-6-9-22(25)27/h3-10,18-19,27H,11-15H2,1-2H3/b16-3+,24-17?. The smallest absolute Gasteiger partial charge is 0.176 e. The number of piperidine rings is 1. The summed E-state index contributed by atoms with van der Waals surface area (Å²) in [6, 6.07) is 15.2. The van der Waals surface area contributed by atoms with Gasteiger partial charge in [-0.1, -0.05) is 47.6 Å². The molecule has 0 saturated carbocycles. The number of benzene rings is 2. The highest BCUT2D eigenvalue weighted by atomic mass is 16.5. The first-order valence-electron chi connectivity index (χ1n) is 10.3. The summed E-state index contributed by atoms with van der Waals surface area (Å²) in [4.78, 5) is 2.72. The van der Waals surface area contributed by atoms with Crippen LogP contribution in [0.4, 0.5) is 0 Å². The van der Waals surface area contributed by atoms with Crippen molar-refractivity contribution in [2.24, 2.45) is 0 Å². The maximum Gasteiger partial charge on any atom is 0.176 e. The molecule has 28 heavy (non-hydrogen) atoms. The van der Waals surface area contributed by atoms with Crippen LogP contribution in [0.15, 0.2) is 59.7 Å². The van der Waals surface area contributed by atoms with E-state index in [1.54, 1.807) is 6.07 Å². The Morgan fingerprint density at radius 2 is 1.79 bits per heavy atom. The molecule has 0 radical (unpaired) electrons.